The summed E-state index contributed by atoms with van der Waals surface area (Å²) in [4.78, 5) is 9.97. The third-order valence-electron chi connectivity index (χ3n) is 13.1. The quantitative estimate of drug-likeness (QED) is 0.118. The summed E-state index contributed by atoms with van der Waals surface area (Å²) in [6.45, 7) is 16.2. The average molecular weight is 1080 g/mol. The number of imidazole rings is 1. The van der Waals surface area contributed by atoms with Crippen LogP contribution in [0.3, 0.4) is 0 Å². The summed E-state index contributed by atoms with van der Waals surface area (Å²) in [7, 11) is -1.23. The molecule has 7 heteroatoms. The maximum atomic E-state index is 6.84. The van der Waals surface area contributed by atoms with E-state index >= 15 is 0 Å². The van der Waals surface area contributed by atoms with Crippen LogP contribution in [0.1, 0.15) is 50.7 Å². The van der Waals surface area contributed by atoms with Gasteiger partial charge in [-0.05, 0) is 86.8 Å². The van der Waals surface area contributed by atoms with Crippen molar-refractivity contribution in [3.8, 4) is 39.5 Å². The van der Waals surface area contributed by atoms with Crippen molar-refractivity contribution in [1.82, 2.24) is 14.5 Å². The first-order valence-electron chi connectivity index (χ1n) is 23.3. The second kappa shape index (κ2) is 18.0. The molecule has 0 atom stereocenters. The van der Waals surface area contributed by atoms with Crippen LogP contribution in [0.25, 0.3) is 105 Å². The predicted octanol–water partition coefficient (Wildman–Crippen LogP) is 16.4. The van der Waals surface area contributed by atoms with Gasteiger partial charge >= 0.3 is 0 Å². The molecular formula is C61H51IrN3O2Si-2. The number of nitrogens with zero attached hydrogens (tertiary/aromatic N) is 3. The Bertz CT molecular complexity index is 3760. The van der Waals surface area contributed by atoms with Gasteiger partial charge in [0.1, 0.15) is 16.7 Å². The van der Waals surface area contributed by atoms with Crippen LogP contribution in [0.5, 0.6) is 0 Å². The molecule has 5 nitrogen and oxygen atoms in total. The Morgan fingerprint density at radius 1 is 0.559 bits per heavy atom. The Kier molecular flexibility index (Phi) is 11.9. The van der Waals surface area contributed by atoms with Gasteiger partial charge in [-0.15, -0.1) is 54.1 Å². The van der Waals surface area contributed by atoms with Crippen LogP contribution < -0.4 is 5.19 Å². The van der Waals surface area contributed by atoms with Crippen LogP contribution >= 0.6 is 0 Å². The van der Waals surface area contributed by atoms with Gasteiger partial charge in [0.2, 0.25) is 0 Å². The van der Waals surface area contributed by atoms with E-state index in [-0.39, 0.29) is 31.9 Å². The number of aromatic nitrogens is 3. The van der Waals surface area contributed by atoms with Crippen LogP contribution in [0.15, 0.2) is 179 Å². The van der Waals surface area contributed by atoms with Crippen LogP contribution in [0.4, 0.5) is 0 Å². The molecule has 0 aliphatic rings. The van der Waals surface area contributed by atoms with E-state index in [0.717, 1.165) is 82.9 Å². The summed E-state index contributed by atoms with van der Waals surface area (Å²) < 4.78 is 15.6. The molecule has 0 amide bonds. The topological polar surface area (TPSA) is 57.0 Å². The van der Waals surface area contributed by atoms with E-state index in [1.807, 2.05) is 54.7 Å². The first kappa shape index (κ1) is 44.9. The van der Waals surface area contributed by atoms with Crippen molar-refractivity contribution in [3.05, 3.63) is 193 Å². The molecule has 68 heavy (non-hydrogen) atoms. The summed E-state index contributed by atoms with van der Waals surface area (Å²) >= 11 is 0. The molecule has 0 fully saturated rings. The fourth-order valence-electron chi connectivity index (χ4n) is 9.51. The van der Waals surface area contributed by atoms with E-state index in [0.29, 0.717) is 0 Å². The fourth-order valence-corrected chi connectivity index (χ4v) is 10.5. The van der Waals surface area contributed by atoms with Crippen LogP contribution in [0, 0.1) is 12.1 Å². The Balaban J connectivity index is 0.000000270. The van der Waals surface area contributed by atoms with E-state index in [4.69, 9.17) is 13.8 Å². The zero-order chi connectivity index (χ0) is 46.0. The minimum Gasteiger partial charge on any atom is -0.501 e. The van der Waals surface area contributed by atoms with Gasteiger partial charge in [0.15, 0.2) is 0 Å². The molecule has 0 unspecified atom stereocenters. The smallest absolute Gasteiger partial charge is 0.136 e. The van der Waals surface area contributed by atoms with Crippen molar-refractivity contribution >= 4 is 78.9 Å². The number of hydrogen-bond acceptors (Lipinski definition) is 4. The van der Waals surface area contributed by atoms with Crippen LogP contribution in [0.2, 0.25) is 19.6 Å². The molecule has 1 radical (unpaired) electrons. The third kappa shape index (κ3) is 7.98. The minimum atomic E-state index is -1.23. The molecule has 0 bridgehead atoms. The maximum absolute atomic E-state index is 6.84. The van der Waals surface area contributed by atoms with Crippen molar-refractivity contribution in [3.63, 3.8) is 0 Å². The monoisotopic (exact) mass is 1080 g/mol. The molecule has 4 heterocycles. The zero-order valence-electron chi connectivity index (χ0n) is 39.3. The van der Waals surface area contributed by atoms with Gasteiger partial charge < -0.3 is 18.4 Å². The fraction of sp³-hybridized carbons (Fsp3) is 0.148. The van der Waals surface area contributed by atoms with Crippen molar-refractivity contribution < 1.29 is 28.9 Å². The molecule has 0 saturated heterocycles. The summed E-state index contributed by atoms with van der Waals surface area (Å²) in [5.41, 5.74) is 14.4. The maximum Gasteiger partial charge on any atom is 0.136 e. The molecule has 12 rings (SSSR count). The number of fused-ring (bicyclic) bond motifs is 9. The van der Waals surface area contributed by atoms with Gasteiger partial charge in [0, 0.05) is 53.5 Å². The summed E-state index contributed by atoms with van der Waals surface area (Å²) in [6.07, 6.45) is 2.02. The Hall–Kier alpha value is -6.89. The van der Waals surface area contributed by atoms with Gasteiger partial charge in [-0.2, -0.15) is 0 Å². The second-order valence-corrected chi connectivity index (χ2v) is 24.3. The predicted molar refractivity (Wildman–Crippen MR) is 283 cm³/mol. The van der Waals surface area contributed by atoms with Crippen molar-refractivity contribution in [2.24, 2.45) is 0 Å². The van der Waals surface area contributed by atoms with E-state index in [2.05, 4.69) is 184 Å². The largest absolute Gasteiger partial charge is 0.501 e. The third-order valence-corrected chi connectivity index (χ3v) is 15.1. The van der Waals surface area contributed by atoms with Gasteiger partial charge in [-0.25, -0.2) is 0 Å². The van der Waals surface area contributed by atoms with Crippen molar-refractivity contribution in [2.45, 2.75) is 59.2 Å². The molecule has 0 saturated carbocycles. The number of para-hydroxylation sites is 1. The van der Waals surface area contributed by atoms with Crippen molar-refractivity contribution in [1.29, 1.82) is 0 Å². The minimum absolute atomic E-state index is 0. The first-order valence-corrected chi connectivity index (χ1v) is 26.8. The van der Waals surface area contributed by atoms with Crippen LogP contribution in [-0.4, -0.2) is 22.6 Å². The standard InChI is InChI=1S/C47H35N2O2.C14H16NSi.Ir/c1-27(2)36-23-31(29-13-6-5-7-14-29)24-37(28(3)4)44(36)49-45-32-16-9-8-15-30(32)21-22-40(45)48-47(49)35-19-12-18-34-39-26-42-38(25-43(39)51-46(34)35)33-17-10-11-20-41(33)50-42;1-16(2,3)13-9-10-14(15-11-13)12-7-5-4-6-8-12;/h5-18,20-28H,1-4H3;4-7,9-11H,1-3H3;/q2*-1;. The Morgan fingerprint density at radius 3 is 1.93 bits per heavy atom. The molecule has 337 valence electrons. The molecule has 0 aliphatic carbocycles. The van der Waals surface area contributed by atoms with Gasteiger partial charge in [-0.1, -0.05) is 149 Å². The molecule has 8 aromatic carbocycles. The van der Waals surface area contributed by atoms with E-state index < -0.39 is 8.07 Å². The van der Waals surface area contributed by atoms with E-state index in [1.54, 1.807) is 0 Å². The molecular weight excluding hydrogens is 1030 g/mol. The van der Waals surface area contributed by atoms with Gasteiger partial charge in [0.25, 0.3) is 0 Å². The SMILES string of the molecule is CC(C)c1cc(-c2ccccc2)cc(C(C)C)c1-n1c(-c2[c-]ccc3c2oc2cc4c(cc23)oc2ccccc24)nc2ccc3ccccc3c21.C[Si](C)(C)c1ccc(-c2[c-]cccc2)nc1.[Ir]. The number of rotatable bonds is 7. The number of benzene rings is 8. The first-order chi connectivity index (χ1) is 32.5. The number of pyridine rings is 1. The number of furan rings is 2. The second-order valence-electron chi connectivity index (χ2n) is 19.2. The molecule has 0 N–H and O–H groups in total. The van der Waals surface area contributed by atoms with E-state index in [9.17, 15) is 0 Å². The molecule has 0 aliphatic heterocycles. The van der Waals surface area contributed by atoms with Crippen molar-refractivity contribution in [2.75, 3.05) is 0 Å². The number of hydrogen-bond donors (Lipinski definition) is 0. The summed E-state index contributed by atoms with van der Waals surface area (Å²) in [5, 5.41) is 7.88. The van der Waals surface area contributed by atoms with Gasteiger partial charge in [-0.3, -0.25) is 4.98 Å². The molecule has 4 aromatic heterocycles. The summed E-state index contributed by atoms with van der Waals surface area (Å²) in [5.74, 6) is 1.31. The Morgan fingerprint density at radius 2 is 1.24 bits per heavy atom. The Labute approximate surface area is 411 Å². The average Bonchev–Trinajstić information content (AvgIpc) is 4.04. The van der Waals surface area contributed by atoms with Gasteiger partial charge in [0.05, 0.1) is 30.5 Å². The zero-order valence-corrected chi connectivity index (χ0v) is 42.7. The van der Waals surface area contributed by atoms with Crippen LogP contribution in [-0.2, 0) is 20.1 Å². The normalized spacial score (nSPS) is 11.9. The van der Waals surface area contributed by atoms with E-state index in [1.165, 1.54) is 38.5 Å². The summed E-state index contributed by atoms with van der Waals surface area (Å²) in [6, 6.07) is 64.0. The molecule has 0 spiro atoms. The molecule has 12 aromatic rings.